The molecule has 0 saturated carbocycles. The summed E-state index contributed by atoms with van der Waals surface area (Å²) >= 11 is 0. The summed E-state index contributed by atoms with van der Waals surface area (Å²) in [6.07, 6.45) is 0. The van der Waals surface area contributed by atoms with Crippen molar-refractivity contribution in [3.05, 3.63) is 0 Å². The van der Waals surface area contributed by atoms with E-state index in [9.17, 15) is 4.79 Å². The fourth-order valence-corrected chi connectivity index (χ4v) is 0.898. The molecular weight excluding hydrogens is 178 g/mol. The van der Waals surface area contributed by atoms with Crippen LogP contribution in [0.4, 0.5) is 0 Å². The fraction of sp³-hybridized carbons (Fsp3) is 0.900. The summed E-state index contributed by atoms with van der Waals surface area (Å²) in [7, 11) is 3.90. The second kappa shape index (κ2) is 5.32. The molecule has 2 N–H and O–H groups in total. The minimum Gasteiger partial charge on any atom is -0.353 e. The van der Waals surface area contributed by atoms with Crippen molar-refractivity contribution in [2.45, 2.75) is 26.8 Å². The zero-order valence-corrected chi connectivity index (χ0v) is 9.85. The zero-order chi connectivity index (χ0) is 11.4. The number of nitrogens with zero attached hydrogens (tertiary/aromatic N) is 1. The first-order chi connectivity index (χ1) is 6.25. The third-order valence-corrected chi connectivity index (χ3v) is 1.99. The molecule has 1 unspecified atom stereocenters. The van der Waals surface area contributed by atoms with Gasteiger partial charge in [0, 0.05) is 13.1 Å². The van der Waals surface area contributed by atoms with Crippen molar-refractivity contribution in [1.82, 2.24) is 16.0 Å². The quantitative estimate of drug-likeness (QED) is 0.712. The highest BCUT2D eigenvalue weighted by Crippen LogP contribution is 2.18. The summed E-state index contributed by atoms with van der Waals surface area (Å²) in [5.74, 6) is -0.181. The number of rotatable bonds is 4. The normalized spacial score (nSPS) is 14.2. The van der Waals surface area contributed by atoms with E-state index in [4.69, 9.17) is 5.73 Å². The van der Waals surface area contributed by atoms with E-state index in [1.165, 1.54) is 0 Å². The van der Waals surface area contributed by atoms with Crippen LogP contribution in [0.25, 0.3) is 0 Å². The molecule has 1 radical (unpaired) electrons. The van der Waals surface area contributed by atoms with Crippen molar-refractivity contribution >= 4 is 5.91 Å². The van der Waals surface area contributed by atoms with E-state index >= 15 is 0 Å². The number of carbonyl (C=O) groups excluding carboxylic acids is 1. The maximum Gasteiger partial charge on any atom is 0.239 e. The van der Waals surface area contributed by atoms with Crippen molar-refractivity contribution in [3.8, 4) is 0 Å². The Morgan fingerprint density at radius 1 is 1.43 bits per heavy atom. The molecule has 0 spiro atoms. The van der Waals surface area contributed by atoms with Gasteiger partial charge >= 0.3 is 0 Å². The third kappa shape index (κ3) is 5.19. The average molecular weight is 200 g/mol. The standard InChI is InChI=1S/C10H22N3O/c1-10(2,3)8(11)9(14)12-6-7-13(4)5/h8,11H,6-7H2,1-5H3,(H,12,14). The van der Waals surface area contributed by atoms with Gasteiger partial charge in [0.2, 0.25) is 5.91 Å². The SMILES string of the molecule is CN(C)CCNC(=O)C([NH])C(C)(C)C. The summed E-state index contributed by atoms with van der Waals surface area (Å²) in [6, 6.07) is -0.690. The Labute approximate surface area is 86.8 Å². The molecule has 1 atom stereocenters. The lowest BCUT2D eigenvalue weighted by Gasteiger charge is -2.25. The van der Waals surface area contributed by atoms with Gasteiger partial charge in [-0.05, 0) is 19.5 Å². The molecule has 0 aliphatic rings. The van der Waals surface area contributed by atoms with Gasteiger partial charge in [-0.15, -0.1) is 0 Å². The molecule has 0 rings (SSSR count). The van der Waals surface area contributed by atoms with E-state index in [1.54, 1.807) is 0 Å². The van der Waals surface area contributed by atoms with Crippen molar-refractivity contribution in [2.24, 2.45) is 5.41 Å². The van der Waals surface area contributed by atoms with Crippen LogP contribution in [0.1, 0.15) is 20.8 Å². The molecule has 0 aromatic heterocycles. The van der Waals surface area contributed by atoms with Crippen LogP contribution >= 0.6 is 0 Å². The molecule has 4 heteroatoms. The van der Waals surface area contributed by atoms with Crippen molar-refractivity contribution in [2.75, 3.05) is 27.2 Å². The second-order valence-electron chi connectivity index (χ2n) is 4.89. The Balaban J connectivity index is 3.86. The lowest BCUT2D eigenvalue weighted by atomic mass is 9.87. The van der Waals surface area contributed by atoms with Gasteiger partial charge in [0.1, 0.15) is 6.04 Å². The van der Waals surface area contributed by atoms with Crippen LogP contribution in [0.3, 0.4) is 0 Å². The predicted molar refractivity (Wildman–Crippen MR) is 57.9 cm³/mol. The number of hydrogen-bond donors (Lipinski definition) is 1. The Morgan fingerprint density at radius 3 is 2.29 bits per heavy atom. The van der Waals surface area contributed by atoms with Crippen molar-refractivity contribution in [1.29, 1.82) is 0 Å². The summed E-state index contributed by atoms with van der Waals surface area (Å²) in [4.78, 5) is 13.5. The van der Waals surface area contributed by atoms with Crippen LogP contribution in [0.15, 0.2) is 0 Å². The molecule has 0 heterocycles. The van der Waals surface area contributed by atoms with Crippen LogP contribution in [0.2, 0.25) is 0 Å². The lowest BCUT2D eigenvalue weighted by molar-refractivity contribution is -0.124. The van der Waals surface area contributed by atoms with Gasteiger partial charge < -0.3 is 10.2 Å². The van der Waals surface area contributed by atoms with Gasteiger partial charge in [0.15, 0.2) is 0 Å². The van der Waals surface area contributed by atoms with Crippen LogP contribution in [-0.4, -0.2) is 44.0 Å². The van der Waals surface area contributed by atoms with E-state index in [1.807, 2.05) is 39.8 Å². The lowest BCUT2D eigenvalue weighted by Crippen LogP contribution is -2.45. The topological polar surface area (TPSA) is 56.1 Å². The van der Waals surface area contributed by atoms with E-state index in [-0.39, 0.29) is 11.3 Å². The largest absolute Gasteiger partial charge is 0.353 e. The summed E-state index contributed by atoms with van der Waals surface area (Å²) in [5.41, 5.74) is 7.40. The highest BCUT2D eigenvalue weighted by Gasteiger charge is 2.27. The highest BCUT2D eigenvalue weighted by atomic mass is 16.2. The number of hydrogen-bond acceptors (Lipinski definition) is 2. The number of likely N-dealkylation sites (N-methyl/N-ethyl adjacent to an activating group) is 1. The first-order valence-corrected chi connectivity index (χ1v) is 4.88. The molecule has 14 heavy (non-hydrogen) atoms. The van der Waals surface area contributed by atoms with Crippen LogP contribution < -0.4 is 11.1 Å². The zero-order valence-electron chi connectivity index (χ0n) is 9.85. The Kier molecular flexibility index (Phi) is 5.08. The Morgan fingerprint density at radius 2 is 1.93 bits per heavy atom. The maximum absolute atomic E-state index is 11.5. The van der Waals surface area contributed by atoms with Crippen LogP contribution in [0, 0.1) is 5.41 Å². The van der Waals surface area contributed by atoms with Gasteiger partial charge in [-0.3, -0.25) is 4.79 Å². The van der Waals surface area contributed by atoms with Crippen LogP contribution in [-0.2, 0) is 4.79 Å². The van der Waals surface area contributed by atoms with Crippen molar-refractivity contribution in [3.63, 3.8) is 0 Å². The maximum atomic E-state index is 11.5. The molecule has 4 nitrogen and oxygen atoms in total. The molecule has 0 aromatic rings. The highest BCUT2D eigenvalue weighted by molar-refractivity contribution is 5.82. The third-order valence-electron chi connectivity index (χ3n) is 1.99. The van der Waals surface area contributed by atoms with Gasteiger partial charge in [0.25, 0.3) is 0 Å². The first-order valence-electron chi connectivity index (χ1n) is 4.88. The number of nitrogens with one attached hydrogen (secondary N) is 2. The minimum absolute atomic E-state index is 0.181. The predicted octanol–water partition coefficient (Wildman–Crippen LogP) is 0.362. The summed E-state index contributed by atoms with van der Waals surface area (Å²) in [5, 5.41) is 2.75. The molecule has 83 valence electrons. The molecule has 0 aliphatic heterocycles. The van der Waals surface area contributed by atoms with E-state index < -0.39 is 6.04 Å². The van der Waals surface area contributed by atoms with E-state index in [2.05, 4.69) is 5.32 Å². The molecule has 0 aromatic carbocycles. The molecule has 0 bridgehead atoms. The smallest absolute Gasteiger partial charge is 0.239 e. The number of amides is 1. The Hall–Kier alpha value is -0.610. The van der Waals surface area contributed by atoms with Gasteiger partial charge in [-0.1, -0.05) is 20.8 Å². The minimum atomic E-state index is -0.690. The number of carbonyl (C=O) groups is 1. The molecular formula is C10H22N3O. The monoisotopic (exact) mass is 200 g/mol. The van der Waals surface area contributed by atoms with E-state index in [0.717, 1.165) is 6.54 Å². The summed E-state index contributed by atoms with van der Waals surface area (Å²) < 4.78 is 0. The van der Waals surface area contributed by atoms with Gasteiger partial charge in [-0.2, -0.15) is 0 Å². The van der Waals surface area contributed by atoms with E-state index in [0.29, 0.717) is 6.54 Å². The van der Waals surface area contributed by atoms with Gasteiger partial charge in [-0.25, -0.2) is 5.73 Å². The molecule has 1 amide bonds. The van der Waals surface area contributed by atoms with Crippen LogP contribution in [0.5, 0.6) is 0 Å². The first kappa shape index (κ1) is 13.4. The Bertz CT molecular complexity index is 184. The molecule has 0 aliphatic carbocycles. The molecule has 0 saturated heterocycles. The molecule has 0 fully saturated rings. The van der Waals surface area contributed by atoms with Gasteiger partial charge in [0.05, 0.1) is 0 Å². The summed E-state index contributed by atoms with van der Waals surface area (Å²) in [6.45, 7) is 7.11. The second-order valence-corrected chi connectivity index (χ2v) is 4.89. The average Bonchev–Trinajstić information content (AvgIpc) is 2.00. The fourth-order valence-electron chi connectivity index (χ4n) is 0.898. The van der Waals surface area contributed by atoms with Crippen molar-refractivity contribution < 1.29 is 4.79 Å².